The first-order chi connectivity index (χ1) is 7.81. The van der Waals surface area contributed by atoms with E-state index in [0.29, 0.717) is 6.04 Å². The Hall–Kier alpha value is -1.67. The largest absolute Gasteiger partial charge is 0.307 e. The predicted octanol–water partition coefficient (Wildman–Crippen LogP) is 2.90. The molecule has 1 aromatic heterocycles. The zero-order valence-corrected chi connectivity index (χ0v) is 9.48. The normalized spacial score (nSPS) is 12.6. The fourth-order valence-corrected chi connectivity index (χ4v) is 1.70. The SMILES string of the molecule is C=CC(C)NCc1cccc2cnccc12. The molecule has 2 nitrogen and oxygen atoms in total. The third-order valence-electron chi connectivity index (χ3n) is 2.74. The Kier molecular flexibility index (Phi) is 3.32. The van der Waals surface area contributed by atoms with Crippen LogP contribution in [0.4, 0.5) is 0 Å². The Morgan fingerprint density at radius 2 is 2.31 bits per heavy atom. The summed E-state index contributed by atoms with van der Waals surface area (Å²) in [4.78, 5) is 4.13. The molecule has 82 valence electrons. The van der Waals surface area contributed by atoms with Crippen LogP contribution in [0.25, 0.3) is 10.8 Å². The van der Waals surface area contributed by atoms with Crippen molar-refractivity contribution in [2.24, 2.45) is 0 Å². The second kappa shape index (κ2) is 4.90. The van der Waals surface area contributed by atoms with Gasteiger partial charge in [0.15, 0.2) is 0 Å². The van der Waals surface area contributed by atoms with Gasteiger partial charge in [-0.1, -0.05) is 24.3 Å². The van der Waals surface area contributed by atoms with Crippen molar-refractivity contribution in [2.45, 2.75) is 19.5 Å². The molecule has 2 rings (SSSR count). The van der Waals surface area contributed by atoms with E-state index in [0.717, 1.165) is 6.54 Å². The van der Waals surface area contributed by atoms with Crippen LogP contribution in [0.5, 0.6) is 0 Å². The minimum Gasteiger partial charge on any atom is -0.307 e. The third-order valence-corrected chi connectivity index (χ3v) is 2.74. The van der Waals surface area contributed by atoms with Crippen LogP contribution < -0.4 is 5.32 Å². The van der Waals surface area contributed by atoms with E-state index in [1.165, 1.54) is 16.3 Å². The first kappa shape index (κ1) is 10.8. The van der Waals surface area contributed by atoms with Crippen LogP contribution in [0.2, 0.25) is 0 Å². The molecule has 1 N–H and O–H groups in total. The summed E-state index contributed by atoms with van der Waals surface area (Å²) in [6.45, 7) is 6.72. The molecular weight excluding hydrogens is 196 g/mol. The lowest BCUT2D eigenvalue weighted by Crippen LogP contribution is -2.22. The van der Waals surface area contributed by atoms with E-state index in [2.05, 4.69) is 48.1 Å². The first-order valence-corrected chi connectivity index (χ1v) is 5.49. The van der Waals surface area contributed by atoms with Crippen molar-refractivity contribution in [3.05, 3.63) is 54.9 Å². The van der Waals surface area contributed by atoms with Gasteiger partial charge in [-0.2, -0.15) is 0 Å². The maximum absolute atomic E-state index is 4.13. The highest BCUT2D eigenvalue weighted by atomic mass is 14.9. The molecule has 0 amide bonds. The molecular formula is C14H16N2. The van der Waals surface area contributed by atoms with Gasteiger partial charge in [-0.3, -0.25) is 4.98 Å². The minimum atomic E-state index is 0.331. The van der Waals surface area contributed by atoms with Crippen molar-refractivity contribution in [1.29, 1.82) is 0 Å². The van der Waals surface area contributed by atoms with E-state index >= 15 is 0 Å². The molecule has 0 aliphatic carbocycles. The number of nitrogens with zero attached hydrogens (tertiary/aromatic N) is 1. The lowest BCUT2D eigenvalue weighted by Gasteiger charge is -2.10. The number of benzene rings is 1. The Bertz CT molecular complexity index is 486. The number of fused-ring (bicyclic) bond motifs is 1. The van der Waals surface area contributed by atoms with Gasteiger partial charge in [0, 0.05) is 30.4 Å². The molecule has 0 spiro atoms. The highest BCUT2D eigenvalue weighted by molar-refractivity contribution is 5.84. The summed E-state index contributed by atoms with van der Waals surface area (Å²) in [5.74, 6) is 0. The topological polar surface area (TPSA) is 24.9 Å². The smallest absolute Gasteiger partial charge is 0.0346 e. The molecule has 0 saturated heterocycles. The number of hydrogen-bond donors (Lipinski definition) is 1. The van der Waals surface area contributed by atoms with Crippen molar-refractivity contribution < 1.29 is 0 Å². The molecule has 1 atom stereocenters. The maximum Gasteiger partial charge on any atom is 0.0346 e. The van der Waals surface area contributed by atoms with Crippen LogP contribution in [0.3, 0.4) is 0 Å². The lowest BCUT2D eigenvalue weighted by molar-refractivity contribution is 0.636. The fourth-order valence-electron chi connectivity index (χ4n) is 1.70. The van der Waals surface area contributed by atoms with E-state index in [1.807, 2.05) is 18.5 Å². The molecule has 1 aromatic carbocycles. The lowest BCUT2D eigenvalue weighted by atomic mass is 10.1. The summed E-state index contributed by atoms with van der Waals surface area (Å²) in [6.07, 6.45) is 5.64. The van der Waals surface area contributed by atoms with Gasteiger partial charge >= 0.3 is 0 Å². The van der Waals surface area contributed by atoms with E-state index < -0.39 is 0 Å². The van der Waals surface area contributed by atoms with Crippen LogP contribution in [0.15, 0.2) is 49.3 Å². The van der Waals surface area contributed by atoms with Gasteiger partial charge in [0.25, 0.3) is 0 Å². The first-order valence-electron chi connectivity index (χ1n) is 5.49. The predicted molar refractivity (Wildman–Crippen MR) is 68.2 cm³/mol. The number of pyridine rings is 1. The summed E-state index contributed by atoms with van der Waals surface area (Å²) in [5, 5.41) is 5.86. The third kappa shape index (κ3) is 2.28. The van der Waals surface area contributed by atoms with Gasteiger partial charge in [-0.15, -0.1) is 6.58 Å². The zero-order chi connectivity index (χ0) is 11.4. The maximum atomic E-state index is 4.13. The van der Waals surface area contributed by atoms with E-state index in [9.17, 15) is 0 Å². The van der Waals surface area contributed by atoms with Gasteiger partial charge in [0.2, 0.25) is 0 Å². The summed E-state index contributed by atoms with van der Waals surface area (Å²) in [7, 11) is 0. The van der Waals surface area contributed by atoms with Gasteiger partial charge < -0.3 is 5.32 Å². The Labute approximate surface area is 96.0 Å². The molecule has 16 heavy (non-hydrogen) atoms. The average molecular weight is 212 g/mol. The van der Waals surface area contributed by atoms with Crippen LogP contribution in [-0.2, 0) is 6.54 Å². The molecule has 2 heteroatoms. The summed E-state index contributed by atoms with van der Waals surface area (Å²) in [6, 6.07) is 8.69. The zero-order valence-electron chi connectivity index (χ0n) is 9.48. The standard InChI is InChI=1S/C14H16N2/c1-3-11(2)16-10-13-6-4-5-12-9-15-8-7-14(12)13/h3-9,11,16H,1,10H2,2H3. The monoisotopic (exact) mass is 212 g/mol. The van der Waals surface area contributed by atoms with Crippen molar-refractivity contribution in [1.82, 2.24) is 10.3 Å². The second-order valence-electron chi connectivity index (χ2n) is 3.92. The van der Waals surface area contributed by atoms with Crippen LogP contribution >= 0.6 is 0 Å². The number of rotatable bonds is 4. The van der Waals surface area contributed by atoms with Crippen molar-refractivity contribution in [2.75, 3.05) is 0 Å². The van der Waals surface area contributed by atoms with E-state index in [1.54, 1.807) is 0 Å². The Balaban J connectivity index is 2.27. The highest BCUT2D eigenvalue weighted by Gasteiger charge is 2.01. The molecule has 0 aliphatic rings. The van der Waals surface area contributed by atoms with Gasteiger partial charge in [0.1, 0.15) is 0 Å². The van der Waals surface area contributed by atoms with Crippen LogP contribution in [0.1, 0.15) is 12.5 Å². The number of hydrogen-bond acceptors (Lipinski definition) is 2. The fraction of sp³-hybridized carbons (Fsp3) is 0.214. The average Bonchev–Trinajstić information content (AvgIpc) is 2.35. The quantitative estimate of drug-likeness (QED) is 0.788. The van der Waals surface area contributed by atoms with E-state index in [-0.39, 0.29) is 0 Å². The molecule has 0 saturated carbocycles. The highest BCUT2D eigenvalue weighted by Crippen LogP contribution is 2.17. The molecule has 2 aromatic rings. The number of aromatic nitrogens is 1. The Morgan fingerprint density at radius 1 is 1.44 bits per heavy atom. The molecule has 0 fully saturated rings. The molecule has 0 aliphatic heterocycles. The van der Waals surface area contributed by atoms with Gasteiger partial charge in [0.05, 0.1) is 0 Å². The van der Waals surface area contributed by atoms with Gasteiger partial charge in [-0.05, 0) is 23.9 Å². The molecule has 0 radical (unpaired) electrons. The summed E-state index contributed by atoms with van der Waals surface area (Å²) in [5.41, 5.74) is 1.30. The van der Waals surface area contributed by atoms with Crippen molar-refractivity contribution in [3.63, 3.8) is 0 Å². The Morgan fingerprint density at radius 3 is 3.12 bits per heavy atom. The minimum absolute atomic E-state index is 0.331. The van der Waals surface area contributed by atoms with Gasteiger partial charge in [-0.25, -0.2) is 0 Å². The molecule has 0 bridgehead atoms. The van der Waals surface area contributed by atoms with Crippen LogP contribution in [0, 0.1) is 0 Å². The van der Waals surface area contributed by atoms with E-state index in [4.69, 9.17) is 0 Å². The number of nitrogens with one attached hydrogen (secondary N) is 1. The summed E-state index contributed by atoms with van der Waals surface area (Å²) < 4.78 is 0. The van der Waals surface area contributed by atoms with Crippen LogP contribution in [-0.4, -0.2) is 11.0 Å². The van der Waals surface area contributed by atoms with Crippen molar-refractivity contribution >= 4 is 10.8 Å². The second-order valence-corrected chi connectivity index (χ2v) is 3.92. The summed E-state index contributed by atoms with van der Waals surface area (Å²) >= 11 is 0. The molecule has 1 heterocycles. The van der Waals surface area contributed by atoms with Crippen molar-refractivity contribution in [3.8, 4) is 0 Å². The molecule has 1 unspecified atom stereocenters.